The lowest BCUT2D eigenvalue weighted by atomic mass is 10.1. The van der Waals surface area contributed by atoms with Crippen molar-refractivity contribution in [3.8, 4) is 11.5 Å². The smallest absolute Gasteiger partial charge is 0.308 e. The molecule has 0 unspecified atom stereocenters. The number of esters is 1. The fourth-order valence-corrected chi connectivity index (χ4v) is 2.81. The quantitative estimate of drug-likeness (QED) is 0.375. The minimum Gasteiger partial charge on any atom is -0.493 e. The Bertz CT molecular complexity index is 833. The summed E-state index contributed by atoms with van der Waals surface area (Å²) in [4.78, 5) is 23.2. The van der Waals surface area contributed by atoms with E-state index in [1.54, 1.807) is 18.2 Å². The van der Waals surface area contributed by atoms with Crippen molar-refractivity contribution in [1.29, 1.82) is 0 Å². The Kier molecular flexibility index (Phi) is 5.31. The molecule has 0 radical (unpaired) electrons. The summed E-state index contributed by atoms with van der Waals surface area (Å²) in [5.41, 5.74) is 4.48. The van der Waals surface area contributed by atoms with Gasteiger partial charge in [0.05, 0.1) is 13.3 Å². The molecule has 0 aliphatic heterocycles. The van der Waals surface area contributed by atoms with Crippen LogP contribution < -0.4 is 14.9 Å². The van der Waals surface area contributed by atoms with Crippen LogP contribution in [0.3, 0.4) is 0 Å². The number of benzene rings is 2. The number of carbonyl (C=O) groups excluding carboxylic acids is 2. The third-order valence-electron chi connectivity index (χ3n) is 4.18. The molecule has 2 aromatic carbocycles. The summed E-state index contributed by atoms with van der Waals surface area (Å²) in [6.45, 7) is 1.32. The molecule has 2 atom stereocenters. The van der Waals surface area contributed by atoms with Crippen LogP contribution >= 0.6 is 0 Å². The van der Waals surface area contributed by atoms with Gasteiger partial charge in [-0.2, -0.15) is 5.10 Å². The molecule has 1 aliphatic carbocycles. The Balaban J connectivity index is 1.57. The largest absolute Gasteiger partial charge is 0.493 e. The number of hydrogen-bond donors (Lipinski definition) is 1. The van der Waals surface area contributed by atoms with Gasteiger partial charge in [-0.3, -0.25) is 9.59 Å². The van der Waals surface area contributed by atoms with Crippen molar-refractivity contribution in [2.75, 3.05) is 7.11 Å². The zero-order valence-electron chi connectivity index (χ0n) is 14.6. The lowest BCUT2D eigenvalue weighted by Gasteiger charge is -2.08. The number of nitrogens with one attached hydrogen (secondary N) is 1. The Labute approximate surface area is 151 Å². The minimum atomic E-state index is -0.422. The first-order valence-corrected chi connectivity index (χ1v) is 8.33. The fraction of sp³-hybridized carbons (Fsp3) is 0.250. The van der Waals surface area contributed by atoms with E-state index in [0.29, 0.717) is 17.1 Å². The van der Waals surface area contributed by atoms with Gasteiger partial charge in [-0.25, -0.2) is 5.43 Å². The van der Waals surface area contributed by atoms with Crippen molar-refractivity contribution < 1.29 is 19.1 Å². The summed E-state index contributed by atoms with van der Waals surface area (Å²) >= 11 is 0. The van der Waals surface area contributed by atoms with Gasteiger partial charge in [-0.15, -0.1) is 0 Å². The number of amides is 1. The number of ether oxygens (including phenoxy) is 2. The first kappa shape index (κ1) is 17.7. The molecule has 0 spiro atoms. The second-order valence-corrected chi connectivity index (χ2v) is 6.10. The molecule has 0 aromatic heterocycles. The molecule has 6 nitrogen and oxygen atoms in total. The third kappa shape index (κ3) is 4.27. The monoisotopic (exact) mass is 352 g/mol. The van der Waals surface area contributed by atoms with Gasteiger partial charge >= 0.3 is 5.97 Å². The summed E-state index contributed by atoms with van der Waals surface area (Å²) in [7, 11) is 1.49. The second kappa shape index (κ2) is 7.82. The SMILES string of the molecule is COc1cc(/C=N\NC(=O)[C@H]2C[C@H]2c2ccccc2)ccc1OC(C)=O. The maximum absolute atomic E-state index is 12.2. The molecule has 3 rings (SSSR count). The molecule has 2 aromatic rings. The molecule has 1 amide bonds. The van der Waals surface area contributed by atoms with Crippen LogP contribution in [0, 0.1) is 5.92 Å². The van der Waals surface area contributed by atoms with E-state index in [1.807, 2.05) is 30.3 Å². The molecular formula is C20H20N2O4. The normalized spacial score (nSPS) is 18.4. The molecule has 1 N–H and O–H groups in total. The molecule has 26 heavy (non-hydrogen) atoms. The van der Waals surface area contributed by atoms with Crippen LogP contribution in [0.4, 0.5) is 0 Å². The third-order valence-corrected chi connectivity index (χ3v) is 4.18. The van der Waals surface area contributed by atoms with E-state index in [2.05, 4.69) is 10.5 Å². The lowest BCUT2D eigenvalue weighted by molar-refractivity contribution is -0.132. The van der Waals surface area contributed by atoms with Gasteiger partial charge in [0.2, 0.25) is 5.91 Å². The highest BCUT2D eigenvalue weighted by molar-refractivity contribution is 5.86. The van der Waals surface area contributed by atoms with Crippen molar-refractivity contribution in [2.45, 2.75) is 19.3 Å². The first-order valence-electron chi connectivity index (χ1n) is 8.33. The van der Waals surface area contributed by atoms with Crippen molar-refractivity contribution in [3.05, 3.63) is 59.7 Å². The predicted molar refractivity (Wildman–Crippen MR) is 97.3 cm³/mol. The maximum atomic E-state index is 12.2. The van der Waals surface area contributed by atoms with Crippen molar-refractivity contribution in [3.63, 3.8) is 0 Å². The number of nitrogens with zero attached hydrogens (tertiary/aromatic N) is 1. The predicted octanol–water partition coefficient (Wildman–Crippen LogP) is 2.87. The van der Waals surface area contributed by atoms with Crippen LogP contribution in [0.15, 0.2) is 53.6 Å². The van der Waals surface area contributed by atoms with Crippen LogP contribution in [0.2, 0.25) is 0 Å². The van der Waals surface area contributed by atoms with Gasteiger partial charge in [0.25, 0.3) is 0 Å². The van der Waals surface area contributed by atoms with Crippen LogP contribution in [0.1, 0.15) is 30.4 Å². The first-order chi connectivity index (χ1) is 12.6. The zero-order valence-corrected chi connectivity index (χ0v) is 14.6. The van der Waals surface area contributed by atoms with Gasteiger partial charge in [0.15, 0.2) is 11.5 Å². The van der Waals surface area contributed by atoms with E-state index in [0.717, 1.165) is 6.42 Å². The van der Waals surface area contributed by atoms with E-state index in [1.165, 1.54) is 25.8 Å². The molecule has 134 valence electrons. The topological polar surface area (TPSA) is 77.0 Å². The van der Waals surface area contributed by atoms with Crippen molar-refractivity contribution in [2.24, 2.45) is 11.0 Å². The van der Waals surface area contributed by atoms with Crippen LogP contribution in [-0.4, -0.2) is 25.2 Å². The van der Waals surface area contributed by atoms with Gasteiger partial charge < -0.3 is 9.47 Å². The number of carbonyl (C=O) groups is 2. The Morgan fingerprint density at radius 2 is 1.92 bits per heavy atom. The second-order valence-electron chi connectivity index (χ2n) is 6.10. The van der Waals surface area contributed by atoms with Gasteiger partial charge in [-0.05, 0) is 41.7 Å². The number of hydrazone groups is 1. The van der Waals surface area contributed by atoms with E-state index in [9.17, 15) is 9.59 Å². The van der Waals surface area contributed by atoms with Crippen molar-refractivity contribution in [1.82, 2.24) is 5.43 Å². The molecule has 1 saturated carbocycles. The van der Waals surface area contributed by atoms with E-state index >= 15 is 0 Å². The molecule has 1 fully saturated rings. The van der Waals surface area contributed by atoms with E-state index < -0.39 is 5.97 Å². The Morgan fingerprint density at radius 3 is 2.62 bits per heavy atom. The van der Waals surface area contributed by atoms with Crippen LogP contribution in [0.5, 0.6) is 11.5 Å². The summed E-state index contributed by atoms with van der Waals surface area (Å²) in [6.07, 6.45) is 2.37. The van der Waals surface area contributed by atoms with Gasteiger partial charge in [-0.1, -0.05) is 30.3 Å². The average molecular weight is 352 g/mol. The summed E-state index contributed by atoms with van der Waals surface area (Å²) in [5.74, 6) is 0.490. The number of methoxy groups -OCH3 is 1. The summed E-state index contributed by atoms with van der Waals surface area (Å²) < 4.78 is 10.2. The minimum absolute atomic E-state index is 0.0320. The maximum Gasteiger partial charge on any atom is 0.308 e. The standard InChI is InChI=1S/C20H20N2O4/c1-13(23)26-18-9-8-14(10-19(18)25-2)12-21-22-20(24)17-11-16(17)15-6-4-3-5-7-15/h3-10,12,16-17H,11H2,1-2H3,(H,22,24)/b21-12-/t16-,17-/m0/s1. The summed E-state index contributed by atoms with van der Waals surface area (Å²) in [6, 6.07) is 15.0. The average Bonchev–Trinajstić information content (AvgIpc) is 3.44. The Hall–Kier alpha value is -3.15. The van der Waals surface area contributed by atoms with Crippen molar-refractivity contribution >= 4 is 18.1 Å². The number of rotatable bonds is 6. The molecule has 0 heterocycles. The highest BCUT2D eigenvalue weighted by Gasteiger charge is 2.43. The molecule has 0 bridgehead atoms. The van der Waals surface area contributed by atoms with Crippen LogP contribution in [0.25, 0.3) is 0 Å². The highest BCUT2D eigenvalue weighted by atomic mass is 16.6. The van der Waals surface area contributed by atoms with E-state index in [4.69, 9.17) is 9.47 Å². The highest BCUT2D eigenvalue weighted by Crippen LogP contribution is 2.47. The summed E-state index contributed by atoms with van der Waals surface area (Å²) in [5, 5.41) is 4.01. The fourth-order valence-electron chi connectivity index (χ4n) is 2.81. The molecule has 0 saturated heterocycles. The molecule has 1 aliphatic rings. The van der Waals surface area contributed by atoms with Crippen LogP contribution in [-0.2, 0) is 9.59 Å². The van der Waals surface area contributed by atoms with E-state index in [-0.39, 0.29) is 17.7 Å². The zero-order chi connectivity index (χ0) is 18.5. The van der Waals surface area contributed by atoms with Gasteiger partial charge in [0, 0.05) is 12.8 Å². The molecule has 6 heteroatoms. The number of hydrogen-bond acceptors (Lipinski definition) is 5. The Morgan fingerprint density at radius 1 is 1.15 bits per heavy atom. The molecular weight excluding hydrogens is 332 g/mol. The van der Waals surface area contributed by atoms with Gasteiger partial charge in [0.1, 0.15) is 0 Å². The lowest BCUT2D eigenvalue weighted by Crippen LogP contribution is -2.20.